The number of carbonyl (C=O) groups excluding carboxylic acids is 2. The summed E-state index contributed by atoms with van der Waals surface area (Å²) in [5.74, 6) is 0.766. The zero-order chi connectivity index (χ0) is 22.5. The minimum atomic E-state index is -0.415. The van der Waals surface area contributed by atoms with Crippen LogP contribution in [0.2, 0.25) is 0 Å². The van der Waals surface area contributed by atoms with Crippen LogP contribution >= 0.6 is 24.0 Å². The average molecular weight is 460 g/mol. The number of carbonyl (C=O) groups is 2. The molecule has 0 spiro atoms. The number of anilines is 1. The maximum atomic E-state index is 13.0. The highest BCUT2D eigenvalue weighted by Crippen LogP contribution is 2.41. The van der Waals surface area contributed by atoms with E-state index in [0.29, 0.717) is 49.9 Å². The molecule has 0 unspecified atom stereocenters. The van der Waals surface area contributed by atoms with Gasteiger partial charge < -0.3 is 18.9 Å². The lowest BCUT2D eigenvalue weighted by atomic mass is 10.1. The first kappa shape index (κ1) is 22.6. The summed E-state index contributed by atoms with van der Waals surface area (Å²) in [5, 5.41) is 0. The van der Waals surface area contributed by atoms with Crippen molar-refractivity contribution in [2.24, 2.45) is 0 Å². The zero-order valence-corrected chi connectivity index (χ0v) is 19.1. The van der Waals surface area contributed by atoms with E-state index in [0.717, 1.165) is 0 Å². The van der Waals surface area contributed by atoms with Crippen molar-refractivity contribution in [3.8, 4) is 17.2 Å². The normalized spacial score (nSPS) is 14.7. The van der Waals surface area contributed by atoms with Crippen LogP contribution in [0.4, 0.5) is 5.69 Å². The fourth-order valence-electron chi connectivity index (χ4n) is 2.99. The summed E-state index contributed by atoms with van der Waals surface area (Å²) in [6, 6.07) is 10.0. The molecule has 9 heteroatoms. The molecular weight excluding hydrogens is 438 g/mol. The van der Waals surface area contributed by atoms with E-state index in [-0.39, 0.29) is 5.91 Å². The third-order valence-electron chi connectivity index (χ3n) is 4.42. The predicted molar refractivity (Wildman–Crippen MR) is 124 cm³/mol. The van der Waals surface area contributed by atoms with Crippen LogP contribution in [-0.4, -0.2) is 44.1 Å². The second-order valence-corrected chi connectivity index (χ2v) is 7.92. The summed E-state index contributed by atoms with van der Waals surface area (Å²) in [6.45, 7) is 2.04. The molecule has 1 amide bonds. The highest BCUT2D eigenvalue weighted by atomic mass is 32.2. The molecule has 0 N–H and O–H groups in total. The van der Waals surface area contributed by atoms with Crippen LogP contribution < -0.4 is 19.1 Å². The van der Waals surface area contributed by atoms with Gasteiger partial charge in [0.05, 0.1) is 44.1 Å². The van der Waals surface area contributed by atoms with Gasteiger partial charge >= 0.3 is 5.97 Å². The summed E-state index contributed by atoms with van der Waals surface area (Å²) in [6.07, 6.45) is 1.72. The lowest BCUT2D eigenvalue weighted by Crippen LogP contribution is -2.27. The van der Waals surface area contributed by atoms with Crippen molar-refractivity contribution in [3.05, 3.63) is 52.4 Å². The van der Waals surface area contributed by atoms with E-state index in [1.165, 1.54) is 38.0 Å². The van der Waals surface area contributed by atoms with Gasteiger partial charge in [0.25, 0.3) is 5.91 Å². The molecule has 0 atom stereocenters. The largest absolute Gasteiger partial charge is 0.493 e. The molecule has 0 saturated carbocycles. The molecule has 3 rings (SSSR count). The van der Waals surface area contributed by atoms with E-state index in [9.17, 15) is 9.59 Å². The molecule has 162 valence electrons. The minimum Gasteiger partial charge on any atom is -0.493 e. The Bertz CT molecular complexity index is 1020. The smallest absolute Gasteiger partial charge is 0.338 e. The molecule has 0 bridgehead atoms. The molecule has 1 aliphatic heterocycles. The van der Waals surface area contributed by atoms with Crippen LogP contribution in [0.15, 0.2) is 41.3 Å². The first-order valence-corrected chi connectivity index (χ1v) is 10.5. The molecule has 0 radical (unpaired) electrons. The molecule has 1 aliphatic rings. The molecule has 1 fully saturated rings. The molecule has 1 heterocycles. The van der Waals surface area contributed by atoms with Gasteiger partial charge in [-0.1, -0.05) is 24.0 Å². The van der Waals surface area contributed by atoms with Crippen molar-refractivity contribution in [3.63, 3.8) is 0 Å². The Hall–Kier alpha value is -3.04. The van der Waals surface area contributed by atoms with Gasteiger partial charge in [-0.3, -0.25) is 9.69 Å². The van der Waals surface area contributed by atoms with E-state index in [1.807, 2.05) is 0 Å². The van der Waals surface area contributed by atoms with Crippen LogP contribution in [0, 0.1) is 0 Å². The Morgan fingerprint density at radius 2 is 1.68 bits per heavy atom. The number of hydrogen-bond donors (Lipinski definition) is 0. The van der Waals surface area contributed by atoms with Gasteiger partial charge in [0.2, 0.25) is 5.75 Å². The van der Waals surface area contributed by atoms with Gasteiger partial charge in [0.1, 0.15) is 0 Å². The van der Waals surface area contributed by atoms with Crippen LogP contribution in [0.5, 0.6) is 17.2 Å². The van der Waals surface area contributed by atoms with Crippen molar-refractivity contribution in [1.82, 2.24) is 0 Å². The fraction of sp³-hybridized carbons (Fsp3) is 0.227. The number of ether oxygens (including phenoxy) is 4. The molecule has 0 aromatic heterocycles. The Balaban J connectivity index is 1.90. The van der Waals surface area contributed by atoms with Crippen molar-refractivity contribution in [2.45, 2.75) is 6.92 Å². The second-order valence-electron chi connectivity index (χ2n) is 6.24. The third-order valence-corrected chi connectivity index (χ3v) is 5.72. The number of esters is 1. The van der Waals surface area contributed by atoms with E-state index < -0.39 is 5.97 Å². The molecule has 1 saturated heterocycles. The van der Waals surface area contributed by atoms with E-state index in [4.69, 9.17) is 31.2 Å². The van der Waals surface area contributed by atoms with Crippen molar-refractivity contribution >= 4 is 51.9 Å². The lowest BCUT2D eigenvalue weighted by molar-refractivity contribution is -0.113. The van der Waals surface area contributed by atoms with Crippen molar-refractivity contribution in [2.75, 3.05) is 32.8 Å². The monoisotopic (exact) mass is 459 g/mol. The highest BCUT2D eigenvalue weighted by molar-refractivity contribution is 8.27. The van der Waals surface area contributed by atoms with Crippen LogP contribution in [-0.2, 0) is 9.53 Å². The number of hydrogen-bond acceptors (Lipinski definition) is 8. The van der Waals surface area contributed by atoms with Crippen molar-refractivity contribution in [1.29, 1.82) is 0 Å². The average Bonchev–Trinajstić information content (AvgIpc) is 3.05. The molecule has 2 aromatic carbocycles. The van der Waals surface area contributed by atoms with Crippen molar-refractivity contribution < 1.29 is 28.5 Å². The topological polar surface area (TPSA) is 74.3 Å². The lowest BCUT2D eigenvalue weighted by Gasteiger charge is -2.15. The van der Waals surface area contributed by atoms with Gasteiger partial charge in [-0.15, -0.1) is 0 Å². The van der Waals surface area contributed by atoms with Gasteiger partial charge in [-0.05, 0) is 55.0 Å². The number of benzene rings is 2. The maximum Gasteiger partial charge on any atom is 0.338 e. The molecule has 7 nitrogen and oxygen atoms in total. The first-order chi connectivity index (χ1) is 14.9. The number of thiocarbonyl (C=S) groups is 1. The van der Waals surface area contributed by atoms with Crippen LogP contribution in [0.3, 0.4) is 0 Å². The standard InChI is InChI=1S/C22H21NO6S2/c1-5-29-21(25)14-6-8-15(9-7-14)23-20(24)18(31-22(23)30)12-13-10-16(26-2)19(28-4)17(11-13)27-3/h6-12H,5H2,1-4H3/b18-12-. The van der Waals surface area contributed by atoms with E-state index >= 15 is 0 Å². The third kappa shape index (κ3) is 4.67. The predicted octanol–water partition coefficient (Wildman–Crippen LogP) is 4.29. The first-order valence-electron chi connectivity index (χ1n) is 9.28. The Morgan fingerprint density at radius 1 is 1.06 bits per heavy atom. The van der Waals surface area contributed by atoms with E-state index in [2.05, 4.69) is 0 Å². The van der Waals surface area contributed by atoms with Crippen LogP contribution in [0.1, 0.15) is 22.8 Å². The minimum absolute atomic E-state index is 0.257. The summed E-state index contributed by atoms with van der Waals surface area (Å²) in [4.78, 5) is 26.8. The SMILES string of the molecule is CCOC(=O)c1ccc(N2C(=O)/C(=C/c3cc(OC)c(OC)c(OC)c3)SC2=S)cc1. The molecular formula is C22H21NO6S2. The molecule has 31 heavy (non-hydrogen) atoms. The summed E-state index contributed by atoms with van der Waals surface area (Å²) < 4.78 is 21.5. The number of thioether (sulfide) groups is 1. The van der Waals surface area contributed by atoms with E-state index in [1.54, 1.807) is 49.4 Å². The highest BCUT2D eigenvalue weighted by Gasteiger charge is 2.33. The quantitative estimate of drug-likeness (QED) is 0.345. The zero-order valence-electron chi connectivity index (χ0n) is 17.5. The molecule has 0 aliphatic carbocycles. The number of nitrogens with zero attached hydrogens (tertiary/aromatic N) is 1. The number of methoxy groups -OCH3 is 3. The maximum absolute atomic E-state index is 13.0. The Morgan fingerprint density at radius 3 is 2.19 bits per heavy atom. The van der Waals surface area contributed by atoms with Gasteiger partial charge in [-0.25, -0.2) is 4.79 Å². The Labute approximate surface area is 189 Å². The number of rotatable bonds is 7. The van der Waals surface area contributed by atoms with Gasteiger partial charge in [-0.2, -0.15) is 0 Å². The number of amides is 1. The fourth-order valence-corrected chi connectivity index (χ4v) is 4.29. The molecule has 2 aromatic rings. The summed E-state index contributed by atoms with van der Waals surface area (Å²) in [5.41, 5.74) is 1.68. The van der Waals surface area contributed by atoms with Gasteiger partial charge in [0.15, 0.2) is 15.8 Å². The summed E-state index contributed by atoms with van der Waals surface area (Å²) >= 11 is 6.61. The Kier molecular flexibility index (Phi) is 7.19. The second kappa shape index (κ2) is 9.84. The van der Waals surface area contributed by atoms with Crippen LogP contribution in [0.25, 0.3) is 6.08 Å². The summed E-state index contributed by atoms with van der Waals surface area (Å²) in [7, 11) is 4.58. The van der Waals surface area contributed by atoms with Gasteiger partial charge in [0, 0.05) is 0 Å².